The zero-order chi connectivity index (χ0) is 18.1. The highest BCUT2D eigenvalue weighted by molar-refractivity contribution is 9.10. The Morgan fingerprint density at radius 3 is 2.84 bits per heavy atom. The Morgan fingerprint density at radius 2 is 2.16 bits per heavy atom. The van der Waals surface area contributed by atoms with Gasteiger partial charge in [0.25, 0.3) is 11.8 Å². The summed E-state index contributed by atoms with van der Waals surface area (Å²) in [7, 11) is 1.51. The Morgan fingerprint density at radius 1 is 1.40 bits per heavy atom. The van der Waals surface area contributed by atoms with Crippen LogP contribution < -0.4 is 15.8 Å². The van der Waals surface area contributed by atoms with Crippen LogP contribution in [-0.2, 0) is 12.8 Å². The molecule has 1 aromatic heterocycles. The fourth-order valence-corrected chi connectivity index (χ4v) is 4.90. The number of thiophene rings is 1. The van der Waals surface area contributed by atoms with E-state index < -0.39 is 5.91 Å². The molecule has 1 atom stereocenters. The van der Waals surface area contributed by atoms with Crippen LogP contribution in [-0.4, -0.2) is 18.9 Å². The first-order valence-electron chi connectivity index (χ1n) is 8.00. The fourth-order valence-electron chi connectivity index (χ4n) is 3.13. The molecule has 2 aromatic rings. The van der Waals surface area contributed by atoms with Crippen LogP contribution in [0, 0.1) is 5.92 Å². The van der Waals surface area contributed by atoms with Gasteiger partial charge in [-0.15, -0.1) is 11.3 Å². The van der Waals surface area contributed by atoms with Crippen LogP contribution in [0.15, 0.2) is 22.7 Å². The van der Waals surface area contributed by atoms with Crippen molar-refractivity contribution in [1.82, 2.24) is 0 Å². The SMILES string of the molecule is COc1ccc(Br)cc1C(=O)Nc1sc2c(c1C(N)=O)CC[C@@H](C)C2. The monoisotopic (exact) mass is 422 g/mol. The minimum Gasteiger partial charge on any atom is -0.496 e. The maximum absolute atomic E-state index is 12.7. The number of rotatable bonds is 4. The molecule has 0 radical (unpaired) electrons. The molecule has 25 heavy (non-hydrogen) atoms. The van der Waals surface area contributed by atoms with Gasteiger partial charge in [-0.25, -0.2) is 0 Å². The second kappa shape index (κ2) is 7.17. The van der Waals surface area contributed by atoms with Crippen molar-refractivity contribution in [2.45, 2.75) is 26.2 Å². The molecule has 5 nitrogen and oxygen atoms in total. The van der Waals surface area contributed by atoms with Gasteiger partial charge in [0.1, 0.15) is 10.8 Å². The predicted octanol–water partition coefficient (Wildman–Crippen LogP) is 4.00. The summed E-state index contributed by atoms with van der Waals surface area (Å²) in [6, 6.07) is 5.21. The number of benzene rings is 1. The number of nitrogens with one attached hydrogen (secondary N) is 1. The summed E-state index contributed by atoms with van der Waals surface area (Å²) in [6.45, 7) is 2.19. The van der Waals surface area contributed by atoms with E-state index in [0.29, 0.717) is 27.8 Å². The van der Waals surface area contributed by atoms with Crippen molar-refractivity contribution in [1.29, 1.82) is 0 Å². The van der Waals surface area contributed by atoms with Crippen molar-refractivity contribution in [3.63, 3.8) is 0 Å². The lowest BCUT2D eigenvalue weighted by molar-refractivity contribution is 0.1000. The average molecular weight is 423 g/mol. The smallest absolute Gasteiger partial charge is 0.260 e. The third kappa shape index (κ3) is 3.57. The normalized spacial score (nSPS) is 16.2. The summed E-state index contributed by atoms with van der Waals surface area (Å²) in [4.78, 5) is 25.9. The number of halogens is 1. The minimum absolute atomic E-state index is 0.327. The highest BCUT2D eigenvalue weighted by atomic mass is 79.9. The van der Waals surface area contributed by atoms with E-state index in [2.05, 4.69) is 28.2 Å². The first-order valence-corrected chi connectivity index (χ1v) is 9.61. The zero-order valence-electron chi connectivity index (χ0n) is 14.0. The van der Waals surface area contributed by atoms with E-state index in [4.69, 9.17) is 10.5 Å². The van der Waals surface area contributed by atoms with Crippen LogP contribution in [0.5, 0.6) is 5.75 Å². The third-order valence-electron chi connectivity index (χ3n) is 4.39. The van der Waals surface area contributed by atoms with Crippen molar-refractivity contribution < 1.29 is 14.3 Å². The standard InChI is InChI=1S/C18H19BrN2O3S/c1-9-3-5-11-14(7-9)25-18(15(11)16(20)22)21-17(23)12-8-10(19)4-6-13(12)24-2/h4,6,8-9H,3,5,7H2,1-2H3,(H2,20,22)(H,21,23)/t9-/m1/s1. The van der Waals surface area contributed by atoms with Crippen molar-refractivity contribution in [2.24, 2.45) is 11.7 Å². The van der Waals surface area contributed by atoms with Crippen molar-refractivity contribution >= 4 is 44.1 Å². The van der Waals surface area contributed by atoms with Gasteiger partial charge in [0.15, 0.2) is 0 Å². The summed E-state index contributed by atoms with van der Waals surface area (Å²) < 4.78 is 6.03. The molecule has 132 valence electrons. The van der Waals surface area contributed by atoms with Gasteiger partial charge in [-0.05, 0) is 48.9 Å². The van der Waals surface area contributed by atoms with Crippen LogP contribution in [0.3, 0.4) is 0 Å². The summed E-state index contributed by atoms with van der Waals surface area (Å²) in [5.41, 5.74) is 7.44. The van der Waals surface area contributed by atoms with E-state index in [1.54, 1.807) is 18.2 Å². The number of methoxy groups -OCH3 is 1. The molecule has 3 rings (SSSR count). The van der Waals surface area contributed by atoms with Gasteiger partial charge in [0.05, 0.1) is 18.2 Å². The van der Waals surface area contributed by atoms with E-state index in [-0.39, 0.29) is 5.91 Å². The number of anilines is 1. The number of hydrogen-bond acceptors (Lipinski definition) is 4. The lowest BCUT2D eigenvalue weighted by Gasteiger charge is -2.18. The van der Waals surface area contributed by atoms with Gasteiger partial charge in [-0.1, -0.05) is 22.9 Å². The third-order valence-corrected chi connectivity index (χ3v) is 6.05. The second-order valence-electron chi connectivity index (χ2n) is 6.22. The van der Waals surface area contributed by atoms with Crippen LogP contribution in [0.1, 0.15) is 44.5 Å². The number of primary amides is 1. The van der Waals surface area contributed by atoms with E-state index in [0.717, 1.165) is 34.2 Å². The summed E-state index contributed by atoms with van der Waals surface area (Å²) in [5, 5.41) is 3.39. The molecule has 1 heterocycles. The number of amides is 2. The molecule has 0 saturated heterocycles. The number of carbonyl (C=O) groups excluding carboxylic acids is 2. The summed E-state index contributed by atoms with van der Waals surface area (Å²) in [6.07, 6.45) is 2.76. The van der Waals surface area contributed by atoms with Crippen molar-refractivity contribution in [3.05, 3.63) is 44.2 Å². The van der Waals surface area contributed by atoms with Crippen LogP contribution in [0.25, 0.3) is 0 Å². The number of nitrogens with two attached hydrogens (primary N) is 1. The maximum atomic E-state index is 12.7. The Kier molecular flexibility index (Phi) is 5.15. The molecule has 7 heteroatoms. The highest BCUT2D eigenvalue weighted by Crippen LogP contribution is 2.39. The number of fused-ring (bicyclic) bond motifs is 1. The molecule has 0 unspecified atom stereocenters. The first kappa shape index (κ1) is 17.9. The van der Waals surface area contributed by atoms with Gasteiger partial charge in [0.2, 0.25) is 0 Å². The molecule has 3 N–H and O–H groups in total. The van der Waals surface area contributed by atoms with Gasteiger partial charge in [-0.3, -0.25) is 9.59 Å². The van der Waals surface area contributed by atoms with Crippen LogP contribution >= 0.6 is 27.3 Å². The van der Waals surface area contributed by atoms with Crippen molar-refractivity contribution in [2.75, 3.05) is 12.4 Å². The lowest BCUT2D eigenvalue weighted by atomic mass is 9.88. The van der Waals surface area contributed by atoms with Crippen LogP contribution in [0.4, 0.5) is 5.00 Å². The Labute approximate surface area is 158 Å². The van der Waals surface area contributed by atoms with Gasteiger partial charge in [0, 0.05) is 9.35 Å². The van der Waals surface area contributed by atoms with Crippen molar-refractivity contribution in [3.8, 4) is 5.75 Å². The topological polar surface area (TPSA) is 81.4 Å². The molecule has 0 fully saturated rings. The van der Waals surface area contributed by atoms with E-state index in [1.807, 2.05) is 0 Å². The predicted molar refractivity (Wildman–Crippen MR) is 103 cm³/mol. The molecule has 0 spiro atoms. The minimum atomic E-state index is -0.497. The average Bonchev–Trinajstić information content (AvgIpc) is 2.91. The summed E-state index contributed by atoms with van der Waals surface area (Å²) in [5.74, 6) is 0.215. The Balaban J connectivity index is 1.97. The molecule has 0 bridgehead atoms. The van der Waals surface area contributed by atoms with Gasteiger partial charge < -0.3 is 15.8 Å². The maximum Gasteiger partial charge on any atom is 0.260 e. The first-order chi connectivity index (χ1) is 11.9. The molecule has 1 aliphatic rings. The number of carbonyl (C=O) groups is 2. The molecule has 0 saturated carbocycles. The van der Waals surface area contributed by atoms with E-state index in [9.17, 15) is 9.59 Å². The molecule has 1 aromatic carbocycles. The lowest BCUT2D eigenvalue weighted by Crippen LogP contribution is -2.19. The fraction of sp³-hybridized carbons (Fsp3) is 0.333. The molecular weight excluding hydrogens is 404 g/mol. The quantitative estimate of drug-likeness (QED) is 0.780. The Bertz CT molecular complexity index is 847. The second-order valence-corrected chi connectivity index (χ2v) is 8.24. The van der Waals surface area contributed by atoms with Gasteiger partial charge >= 0.3 is 0 Å². The zero-order valence-corrected chi connectivity index (χ0v) is 16.4. The molecule has 0 aliphatic heterocycles. The molecule has 1 aliphatic carbocycles. The summed E-state index contributed by atoms with van der Waals surface area (Å²) >= 11 is 4.81. The molecular formula is C18H19BrN2O3S. The largest absolute Gasteiger partial charge is 0.496 e. The number of hydrogen-bond donors (Lipinski definition) is 2. The molecule has 2 amide bonds. The van der Waals surface area contributed by atoms with Gasteiger partial charge in [-0.2, -0.15) is 0 Å². The Hall–Kier alpha value is -1.86. The highest BCUT2D eigenvalue weighted by Gasteiger charge is 2.27. The van der Waals surface area contributed by atoms with Crippen LogP contribution in [0.2, 0.25) is 0 Å². The van der Waals surface area contributed by atoms with E-state index >= 15 is 0 Å². The van der Waals surface area contributed by atoms with E-state index in [1.165, 1.54) is 18.4 Å². The number of ether oxygens (including phenoxy) is 1.